The fraction of sp³-hybridized carbons (Fsp3) is 0.571. The van der Waals surface area contributed by atoms with Gasteiger partial charge in [-0.1, -0.05) is 12.1 Å². The summed E-state index contributed by atoms with van der Waals surface area (Å²) in [7, 11) is 1.66. The number of rotatable bonds is 6. The van der Waals surface area contributed by atoms with Crippen LogP contribution in [0.5, 0.6) is 11.5 Å². The van der Waals surface area contributed by atoms with E-state index in [2.05, 4.69) is 5.32 Å². The fourth-order valence-electron chi connectivity index (χ4n) is 2.06. The normalized spacial score (nSPS) is 16.5. The van der Waals surface area contributed by atoms with E-state index < -0.39 is 0 Å². The number of benzene rings is 1. The lowest BCUT2D eigenvalue weighted by Crippen LogP contribution is -2.37. The van der Waals surface area contributed by atoms with Crippen LogP contribution in [0.3, 0.4) is 0 Å². The highest BCUT2D eigenvalue weighted by molar-refractivity contribution is 5.39. The maximum absolute atomic E-state index is 5.70. The van der Waals surface area contributed by atoms with Crippen LogP contribution in [0.15, 0.2) is 24.3 Å². The molecule has 1 heterocycles. The Morgan fingerprint density at radius 2 is 1.94 bits per heavy atom. The van der Waals surface area contributed by atoms with Crippen LogP contribution in [0.2, 0.25) is 0 Å². The average molecular weight is 251 g/mol. The summed E-state index contributed by atoms with van der Waals surface area (Å²) in [6.45, 7) is 3.23. The predicted octanol–water partition coefficient (Wildman–Crippen LogP) is 1.84. The van der Waals surface area contributed by atoms with Gasteiger partial charge in [-0.25, -0.2) is 0 Å². The third-order valence-corrected chi connectivity index (χ3v) is 3.08. The Hall–Kier alpha value is -1.26. The highest BCUT2D eigenvalue weighted by atomic mass is 16.5. The minimum absolute atomic E-state index is 0.569. The second-order valence-electron chi connectivity index (χ2n) is 4.34. The van der Waals surface area contributed by atoms with Crippen LogP contribution in [0.1, 0.15) is 12.8 Å². The van der Waals surface area contributed by atoms with Crippen molar-refractivity contribution >= 4 is 0 Å². The van der Waals surface area contributed by atoms with Gasteiger partial charge in [-0.2, -0.15) is 0 Å². The molecule has 0 saturated carbocycles. The van der Waals surface area contributed by atoms with E-state index in [1.54, 1.807) is 7.11 Å². The molecule has 0 atom stereocenters. The van der Waals surface area contributed by atoms with Crippen molar-refractivity contribution in [2.45, 2.75) is 18.9 Å². The summed E-state index contributed by atoms with van der Waals surface area (Å²) in [4.78, 5) is 0. The number of ether oxygens (including phenoxy) is 3. The topological polar surface area (TPSA) is 39.7 Å². The molecule has 0 radical (unpaired) electrons. The molecule has 1 aromatic rings. The molecule has 0 amide bonds. The molecule has 1 aliphatic heterocycles. The van der Waals surface area contributed by atoms with Crippen LogP contribution in [-0.2, 0) is 4.74 Å². The third kappa shape index (κ3) is 3.89. The van der Waals surface area contributed by atoms with Gasteiger partial charge in [0.15, 0.2) is 11.5 Å². The Kier molecular flexibility index (Phi) is 5.30. The molecule has 1 aromatic carbocycles. The van der Waals surface area contributed by atoms with Crippen molar-refractivity contribution in [1.29, 1.82) is 0 Å². The predicted molar refractivity (Wildman–Crippen MR) is 70.3 cm³/mol. The first-order valence-corrected chi connectivity index (χ1v) is 6.47. The Bertz CT molecular complexity index is 351. The average Bonchev–Trinajstić information content (AvgIpc) is 2.45. The van der Waals surface area contributed by atoms with Crippen molar-refractivity contribution < 1.29 is 14.2 Å². The van der Waals surface area contributed by atoms with Crippen LogP contribution >= 0.6 is 0 Å². The quantitative estimate of drug-likeness (QED) is 0.783. The lowest BCUT2D eigenvalue weighted by atomic mass is 10.1. The van der Waals surface area contributed by atoms with Gasteiger partial charge < -0.3 is 19.5 Å². The number of methoxy groups -OCH3 is 1. The molecule has 1 fully saturated rings. The molecular weight excluding hydrogens is 230 g/mol. The number of nitrogens with one attached hydrogen (secondary N) is 1. The third-order valence-electron chi connectivity index (χ3n) is 3.08. The van der Waals surface area contributed by atoms with Crippen LogP contribution in [0.25, 0.3) is 0 Å². The first-order valence-electron chi connectivity index (χ1n) is 6.47. The van der Waals surface area contributed by atoms with Crippen molar-refractivity contribution in [2.24, 2.45) is 0 Å². The van der Waals surface area contributed by atoms with Gasteiger partial charge in [-0.15, -0.1) is 0 Å². The Labute approximate surface area is 108 Å². The Morgan fingerprint density at radius 1 is 1.22 bits per heavy atom. The molecule has 100 valence electrons. The molecule has 0 aromatic heterocycles. The Balaban J connectivity index is 1.68. The summed E-state index contributed by atoms with van der Waals surface area (Å²) in [6, 6.07) is 8.28. The number of para-hydroxylation sites is 2. The van der Waals surface area contributed by atoms with Crippen molar-refractivity contribution in [3.63, 3.8) is 0 Å². The molecule has 4 nitrogen and oxygen atoms in total. The molecule has 4 heteroatoms. The van der Waals surface area contributed by atoms with Crippen LogP contribution < -0.4 is 14.8 Å². The SMILES string of the molecule is COc1ccccc1OCCNC1CCOCC1. The van der Waals surface area contributed by atoms with Crippen molar-refractivity contribution in [3.05, 3.63) is 24.3 Å². The monoisotopic (exact) mass is 251 g/mol. The van der Waals surface area contributed by atoms with E-state index in [9.17, 15) is 0 Å². The van der Waals surface area contributed by atoms with Gasteiger partial charge in [-0.05, 0) is 25.0 Å². The molecule has 0 bridgehead atoms. The summed E-state index contributed by atoms with van der Waals surface area (Å²) < 4.78 is 16.2. The smallest absolute Gasteiger partial charge is 0.161 e. The van der Waals surface area contributed by atoms with Gasteiger partial charge >= 0.3 is 0 Å². The maximum atomic E-state index is 5.70. The first-order chi connectivity index (χ1) is 8.90. The van der Waals surface area contributed by atoms with E-state index >= 15 is 0 Å². The second kappa shape index (κ2) is 7.24. The van der Waals surface area contributed by atoms with E-state index in [0.29, 0.717) is 12.6 Å². The lowest BCUT2D eigenvalue weighted by Gasteiger charge is -2.23. The molecule has 0 aliphatic carbocycles. The van der Waals surface area contributed by atoms with Crippen LogP contribution in [-0.4, -0.2) is 39.5 Å². The molecule has 0 spiro atoms. The van der Waals surface area contributed by atoms with E-state index in [4.69, 9.17) is 14.2 Å². The molecule has 1 saturated heterocycles. The maximum Gasteiger partial charge on any atom is 0.161 e. The standard InChI is InChI=1S/C14H21NO3/c1-16-13-4-2-3-5-14(13)18-11-8-15-12-6-9-17-10-7-12/h2-5,12,15H,6-11H2,1H3. The number of hydrogen-bond acceptors (Lipinski definition) is 4. The van der Waals surface area contributed by atoms with Gasteiger partial charge in [0.25, 0.3) is 0 Å². The van der Waals surface area contributed by atoms with Crippen molar-refractivity contribution in [1.82, 2.24) is 5.32 Å². The minimum Gasteiger partial charge on any atom is -0.493 e. The summed E-state index contributed by atoms with van der Waals surface area (Å²) in [6.07, 6.45) is 2.18. The van der Waals surface area contributed by atoms with Gasteiger partial charge in [0.05, 0.1) is 7.11 Å². The fourth-order valence-corrected chi connectivity index (χ4v) is 2.06. The van der Waals surface area contributed by atoms with E-state index in [1.165, 1.54) is 0 Å². The Morgan fingerprint density at radius 3 is 2.67 bits per heavy atom. The molecule has 1 N–H and O–H groups in total. The molecule has 18 heavy (non-hydrogen) atoms. The van der Waals surface area contributed by atoms with E-state index in [1.807, 2.05) is 24.3 Å². The van der Waals surface area contributed by atoms with Crippen molar-refractivity contribution in [2.75, 3.05) is 33.5 Å². The zero-order valence-corrected chi connectivity index (χ0v) is 10.9. The van der Waals surface area contributed by atoms with E-state index in [0.717, 1.165) is 44.1 Å². The van der Waals surface area contributed by atoms with E-state index in [-0.39, 0.29) is 0 Å². The lowest BCUT2D eigenvalue weighted by molar-refractivity contribution is 0.0770. The summed E-state index contributed by atoms with van der Waals surface area (Å²) in [5.74, 6) is 1.58. The zero-order valence-electron chi connectivity index (χ0n) is 10.9. The number of hydrogen-bond donors (Lipinski definition) is 1. The van der Waals surface area contributed by atoms with Crippen molar-refractivity contribution in [3.8, 4) is 11.5 Å². The van der Waals surface area contributed by atoms with Gasteiger partial charge in [0, 0.05) is 25.8 Å². The molecule has 2 rings (SSSR count). The molecule has 0 unspecified atom stereocenters. The van der Waals surface area contributed by atoms with Crippen LogP contribution in [0, 0.1) is 0 Å². The highest BCUT2D eigenvalue weighted by Gasteiger charge is 2.12. The van der Waals surface area contributed by atoms with Gasteiger partial charge in [0.1, 0.15) is 6.61 Å². The minimum atomic E-state index is 0.569. The second-order valence-corrected chi connectivity index (χ2v) is 4.34. The van der Waals surface area contributed by atoms with Crippen LogP contribution in [0.4, 0.5) is 0 Å². The van der Waals surface area contributed by atoms with Gasteiger partial charge in [0.2, 0.25) is 0 Å². The first kappa shape index (κ1) is 13.2. The van der Waals surface area contributed by atoms with Gasteiger partial charge in [-0.3, -0.25) is 0 Å². The largest absolute Gasteiger partial charge is 0.493 e. The summed E-state index contributed by atoms with van der Waals surface area (Å²) >= 11 is 0. The zero-order chi connectivity index (χ0) is 12.6. The molecular formula is C14H21NO3. The summed E-state index contributed by atoms with van der Waals surface area (Å²) in [5, 5.41) is 3.48. The summed E-state index contributed by atoms with van der Waals surface area (Å²) in [5.41, 5.74) is 0. The highest BCUT2D eigenvalue weighted by Crippen LogP contribution is 2.25. The molecule has 1 aliphatic rings.